The van der Waals surface area contributed by atoms with Crippen molar-refractivity contribution < 1.29 is 14.7 Å². The Morgan fingerprint density at radius 2 is 2.32 bits per heavy atom. The number of carbonyl (C=O) groups is 1. The van der Waals surface area contributed by atoms with E-state index in [-0.39, 0.29) is 11.7 Å². The predicted molar refractivity (Wildman–Crippen MR) is 72.6 cm³/mol. The number of oxime groups is 1. The number of nitrogens with two attached hydrogens (primary N) is 1. The summed E-state index contributed by atoms with van der Waals surface area (Å²) in [6.45, 7) is 2.95. The van der Waals surface area contributed by atoms with Crippen LogP contribution >= 0.6 is 0 Å². The maximum atomic E-state index is 11.8. The van der Waals surface area contributed by atoms with Gasteiger partial charge in [-0.3, -0.25) is 4.79 Å². The summed E-state index contributed by atoms with van der Waals surface area (Å²) in [4.78, 5) is 11.8. The zero-order chi connectivity index (χ0) is 14.1. The molecule has 1 amide bonds. The van der Waals surface area contributed by atoms with Crippen LogP contribution in [0.2, 0.25) is 0 Å². The van der Waals surface area contributed by atoms with E-state index in [1.165, 1.54) is 0 Å². The van der Waals surface area contributed by atoms with E-state index >= 15 is 0 Å². The number of rotatable bonds is 7. The van der Waals surface area contributed by atoms with Crippen LogP contribution in [-0.2, 0) is 0 Å². The SMILES string of the molecule is CCCOc1cccc(C(=O)NCCC(N)=NO)c1. The lowest BCUT2D eigenvalue weighted by Crippen LogP contribution is -2.28. The highest BCUT2D eigenvalue weighted by molar-refractivity contribution is 5.94. The Balaban J connectivity index is 2.52. The lowest BCUT2D eigenvalue weighted by molar-refractivity contribution is 0.0954. The molecule has 0 aliphatic heterocycles. The zero-order valence-corrected chi connectivity index (χ0v) is 10.9. The molecule has 1 aromatic rings. The van der Waals surface area contributed by atoms with Gasteiger partial charge in [-0.25, -0.2) is 0 Å². The summed E-state index contributed by atoms with van der Waals surface area (Å²) in [7, 11) is 0. The zero-order valence-electron chi connectivity index (χ0n) is 10.9. The van der Waals surface area contributed by atoms with Crippen molar-refractivity contribution >= 4 is 11.7 Å². The summed E-state index contributed by atoms with van der Waals surface area (Å²) in [5.74, 6) is 0.541. The van der Waals surface area contributed by atoms with Crippen molar-refractivity contribution in [2.45, 2.75) is 19.8 Å². The first kappa shape index (κ1) is 14.8. The number of ether oxygens (including phenoxy) is 1. The Morgan fingerprint density at radius 3 is 3.00 bits per heavy atom. The van der Waals surface area contributed by atoms with Crippen molar-refractivity contribution in [3.8, 4) is 5.75 Å². The second-order valence-corrected chi connectivity index (χ2v) is 3.97. The van der Waals surface area contributed by atoms with Gasteiger partial charge in [0, 0.05) is 18.5 Å². The topological polar surface area (TPSA) is 96.9 Å². The molecule has 0 radical (unpaired) electrons. The van der Waals surface area contributed by atoms with E-state index in [0.29, 0.717) is 30.9 Å². The molecule has 6 nitrogen and oxygen atoms in total. The fourth-order valence-electron chi connectivity index (χ4n) is 1.40. The minimum absolute atomic E-state index is 0.0836. The number of nitrogens with one attached hydrogen (secondary N) is 1. The number of hydrogen-bond donors (Lipinski definition) is 3. The summed E-state index contributed by atoms with van der Waals surface area (Å²) < 4.78 is 5.45. The smallest absolute Gasteiger partial charge is 0.251 e. The molecule has 0 aliphatic carbocycles. The molecule has 1 rings (SSSR count). The Morgan fingerprint density at radius 1 is 1.53 bits per heavy atom. The summed E-state index contributed by atoms with van der Waals surface area (Å²) in [6.07, 6.45) is 1.21. The van der Waals surface area contributed by atoms with Crippen LogP contribution in [0.25, 0.3) is 0 Å². The van der Waals surface area contributed by atoms with E-state index in [4.69, 9.17) is 15.7 Å². The molecule has 1 aromatic carbocycles. The van der Waals surface area contributed by atoms with Crippen molar-refractivity contribution in [1.29, 1.82) is 0 Å². The van der Waals surface area contributed by atoms with Crippen molar-refractivity contribution in [3.05, 3.63) is 29.8 Å². The van der Waals surface area contributed by atoms with Gasteiger partial charge in [-0.05, 0) is 24.6 Å². The van der Waals surface area contributed by atoms with Crippen molar-refractivity contribution in [1.82, 2.24) is 5.32 Å². The number of nitrogens with zero attached hydrogens (tertiary/aromatic N) is 1. The standard InChI is InChI=1S/C13H19N3O3/c1-2-8-19-11-5-3-4-10(9-11)13(17)15-7-6-12(14)16-18/h3-5,9,18H,2,6-8H2,1H3,(H2,14,16)(H,15,17). The van der Waals surface area contributed by atoms with Gasteiger partial charge in [0.2, 0.25) is 0 Å². The molecule has 104 valence electrons. The molecular formula is C13H19N3O3. The average Bonchev–Trinajstić information content (AvgIpc) is 2.45. The van der Waals surface area contributed by atoms with Crippen LogP contribution in [-0.4, -0.2) is 30.1 Å². The van der Waals surface area contributed by atoms with E-state index in [9.17, 15) is 4.79 Å². The Bertz CT molecular complexity index is 447. The third-order valence-corrected chi connectivity index (χ3v) is 2.36. The summed E-state index contributed by atoms with van der Waals surface area (Å²) in [5, 5.41) is 13.9. The molecular weight excluding hydrogens is 246 g/mol. The van der Waals surface area contributed by atoms with E-state index < -0.39 is 0 Å². The van der Waals surface area contributed by atoms with Gasteiger partial charge >= 0.3 is 0 Å². The van der Waals surface area contributed by atoms with Gasteiger partial charge in [0.25, 0.3) is 5.91 Å². The van der Waals surface area contributed by atoms with Crippen LogP contribution in [0.4, 0.5) is 0 Å². The highest BCUT2D eigenvalue weighted by Crippen LogP contribution is 2.13. The number of benzene rings is 1. The van der Waals surface area contributed by atoms with Crippen molar-refractivity contribution in [2.75, 3.05) is 13.2 Å². The van der Waals surface area contributed by atoms with E-state index in [0.717, 1.165) is 6.42 Å². The molecule has 4 N–H and O–H groups in total. The van der Waals surface area contributed by atoms with E-state index in [2.05, 4.69) is 10.5 Å². The summed E-state index contributed by atoms with van der Waals surface area (Å²) in [6, 6.07) is 6.97. The second-order valence-electron chi connectivity index (χ2n) is 3.97. The van der Waals surface area contributed by atoms with Crippen LogP contribution in [0.15, 0.2) is 29.4 Å². The summed E-state index contributed by atoms with van der Waals surface area (Å²) >= 11 is 0. The molecule has 6 heteroatoms. The van der Waals surface area contributed by atoms with Gasteiger partial charge in [0.1, 0.15) is 11.6 Å². The van der Waals surface area contributed by atoms with Gasteiger partial charge in [-0.15, -0.1) is 0 Å². The Hall–Kier alpha value is -2.24. The quantitative estimate of drug-likeness (QED) is 0.300. The minimum atomic E-state index is -0.215. The lowest BCUT2D eigenvalue weighted by atomic mass is 10.2. The molecule has 0 unspecified atom stereocenters. The maximum Gasteiger partial charge on any atom is 0.251 e. The first-order valence-corrected chi connectivity index (χ1v) is 6.14. The van der Waals surface area contributed by atoms with Crippen molar-refractivity contribution in [3.63, 3.8) is 0 Å². The van der Waals surface area contributed by atoms with Crippen LogP contribution in [0, 0.1) is 0 Å². The van der Waals surface area contributed by atoms with Crippen LogP contribution in [0.1, 0.15) is 30.1 Å². The average molecular weight is 265 g/mol. The molecule has 0 bridgehead atoms. The number of carbonyl (C=O) groups excluding carboxylic acids is 1. The highest BCUT2D eigenvalue weighted by atomic mass is 16.5. The molecule has 0 aliphatic rings. The normalized spacial score (nSPS) is 11.1. The molecule has 0 saturated carbocycles. The Labute approximate surface area is 112 Å². The molecule has 0 atom stereocenters. The molecule has 0 heterocycles. The first-order chi connectivity index (χ1) is 9.17. The first-order valence-electron chi connectivity index (χ1n) is 6.14. The van der Waals surface area contributed by atoms with Gasteiger partial charge in [-0.1, -0.05) is 18.1 Å². The third kappa shape index (κ3) is 5.29. The van der Waals surface area contributed by atoms with Crippen molar-refractivity contribution in [2.24, 2.45) is 10.9 Å². The van der Waals surface area contributed by atoms with Crippen LogP contribution in [0.5, 0.6) is 5.75 Å². The van der Waals surface area contributed by atoms with E-state index in [1.807, 2.05) is 13.0 Å². The minimum Gasteiger partial charge on any atom is -0.494 e. The highest BCUT2D eigenvalue weighted by Gasteiger charge is 2.06. The predicted octanol–water partition coefficient (Wildman–Crippen LogP) is 1.34. The van der Waals surface area contributed by atoms with Gasteiger partial charge in [-0.2, -0.15) is 0 Å². The molecule has 0 spiro atoms. The van der Waals surface area contributed by atoms with Crippen LogP contribution < -0.4 is 15.8 Å². The second kappa shape index (κ2) is 7.97. The lowest BCUT2D eigenvalue weighted by Gasteiger charge is -2.07. The maximum absolute atomic E-state index is 11.8. The summed E-state index contributed by atoms with van der Waals surface area (Å²) in [5.41, 5.74) is 5.83. The monoisotopic (exact) mass is 265 g/mol. The number of amides is 1. The largest absolute Gasteiger partial charge is 0.494 e. The molecule has 0 fully saturated rings. The number of hydrogen-bond acceptors (Lipinski definition) is 4. The molecule has 19 heavy (non-hydrogen) atoms. The van der Waals surface area contributed by atoms with Gasteiger partial charge in [0.05, 0.1) is 6.61 Å². The number of amidine groups is 1. The fourth-order valence-corrected chi connectivity index (χ4v) is 1.40. The molecule has 0 saturated heterocycles. The fraction of sp³-hybridized carbons (Fsp3) is 0.385. The van der Waals surface area contributed by atoms with Gasteiger partial charge in [0.15, 0.2) is 0 Å². The van der Waals surface area contributed by atoms with Gasteiger partial charge < -0.3 is 21.0 Å². The Kier molecular flexibility index (Phi) is 6.21. The molecule has 0 aromatic heterocycles. The van der Waals surface area contributed by atoms with Crippen LogP contribution in [0.3, 0.4) is 0 Å². The van der Waals surface area contributed by atoms with E-state index in [1.54, 1.807) is 18.2 Å². The third-order valence-electron chi connectivity index (χ3n) is 2.36.